The van der Waals surface area contributed by atoms with Gasteiger partial charge in [-0.1, -0.05) is 24.3 Å². The summed E-state index contributed by atoms with van der Waals surface area (Å²) in [6.45, 7) is 4.07. The topological polar surface area (TPSA) is 67.9 Å². The average molecular weight is 370 g/mol. The summed E-state index contributed by atoms with van der Waals surface area (Å²) in [7, 11) is 3.16. The molecule has 0 atom stereocenters. The molecule has 27 heavy (non-hydrogen) atoms. The summed E-state index contributed by atoms with van der Waals surface area (Å²) in [6, 6.07) is 13.1. The predicted molar refractivity (Wildman–Crippen MR) is 105 cm³/mol. The fraction of sp³-hybridized carbons (Fsp3) is 0.333. The molecule has 0 spiro atoms. The molecular weight excluding hydrogens is 344 g/mol. The van der Waals surface area contributed by atoms with Crippen LogP contribution in [0.2, 0.25) is 0 Å². The van der Waals surface area contributed by atoms with E-state index in [-0.39, 0.29) is 24.8 Å². The number of carbonyl (C=O) groups is 2. The lowest BCUT2D eigenvalue weighted by Gasteiger charge is -2.23. The highest BCUT2D eigenvalue weighted by Crippen LogP contribution is 2.29. The Bertz CT molecular complexity index is 805. The number of benzene rings is 2. The molecule has 2 rings (SSSR count). The summed E-state index contributed by atoms with van der Waals surface area (Å²) in [5.41, 5.74) is 2.58. The Labute approximate surface area is 160 Å². The second kappa shape index (κ2) is 9.62. The molecule has 1 N–H and O–H groups in total. The first kappa shape index (κ1) is 20.3. The van der Waals surface area contributed by atoms with Crippen molar-refractivity contribution in [2.75, 3.05) is 25.7 Å². The molecule has 0 bridgehead atoms. The molecule has 0 radical (unpaired) electrons. The summed E-state index contributed by atoms with van der Waals surface area (Å²) in [5.74, 6) is 1.05. The normalized spacial score (nSPS) is 10.2. The van der Waals surface area contributed by atoms with Gasteiger partial charge in [0.15, 0.2) is 0 Å². The number of carbonyl (C=O) groups excluding carboxylic acids is 2. The minimum atomic E-state index is -0.142. The zero-order valence-electron chi connectivity index (χ0n) is 16.2. The van der Waals surface area contributed by atoms with Crippen molar-refractivity contribution in [2.24, 2.45) is 0 Å². The number of para-hydroxylation sites is 1. The highest BCUT2D eigenvalue weighted by atomic mass is 16.5. The molecule has 0 unspecified atom stereocenters. The van der Waals surface area contributed by atoms with E-state index in [2.05, 4.69) is 5.32 Å². The number of anilines is 1. The van der Waals surface area contributed by atoms with Gasteiger partial charge in [-0.05, 0) is 30.7 Å². The predicted octanol–water partition coefficient (Wildman–Crippen LogP) is 3.07. The quantitative estimate of drug-likeness (QED) is 0.775. The largest absolute Gasteiger partial charge is 0.496 e. The molecule has 144 valence electrons. The first-order valence-electron chi connectivity index (χ1n) is 8.77. The lowest BCUT2D eigenvalue weighted by molar-refractivity contribution is -0.121. The van der Waals surface area contributed by atoms with Crippen LogP contribution in [0.3, 0.4) is 0 Å². The van der Waals surface area contributed by atoms with Crippen LogP contribution in [0.25, 0.3) is 0 Å². The van der Waals surface area contributed by atoms with Crippen LogP contribution >= 0.6 is 0 Å². The Balaban J connectivity index is 2.01. The van der Waals surface area contributed by atoms with Gasteiger partial charge in [0.2, 0.25) is 11.8 Å². The molecule has 0 saturated heterocycles. The van der Waals surface area contributed by atoms with Crippen molar-refractivity contribution in [3.05, 3.63) is 53.6 Å². The number of nitrogens with one attached hydrogen (secondary N) is 1. The van der Waals surface area contributed by atoms with Crippen LogP contribution < -0.4 is 19.7 Å². The SMILES string of the molecule is COc1ccccc1CNC(=O)CCN(C(C)=O)c1cc(C)ccc1OC. The zero-order valence-corrected chi connectivity index (χ0v) is 16.2. The van der Waals surface area contributed by atoms with Crippen LogP contribution in [0, 0.1) is 6.92 Å². The fourth-order valence-corrected chi connectivity index (χ4v) is 2.80. The van der Waals surface area contributed by atoms with E-state index in [0.717, 1.165) is 16.9 Å². The van der Waals surface area contributed by atoms with Gasteiger partial charge in [-0.2, -0.15) is 0 Å². The minimum Gasteiger partial charge on any atom is -0.496 e. The Kier molecular flexibility index (Phi) is 7.23. The summed E-state index contributed by atoms with van der Waals surface area (Å²) in [5, 5.41) is 2.87. The summed E-state index contributed by atoms with van der Waals surface area (Å²) in [6.07, 6.45) is 0.186. The number of aryl methyl sites for hydroxylation is 1. The molecule has 0 heterocycles. The molecule has 0 aliphatic heterocycles. The van der Waals surface area contributed by atoms with Gasteiger partial charge in [-0.25, -0.2) is 0 Å². The lowest BCUT2D eigenvalue weighted by atomic mass is 10.1. The molecule has 2 aromatic carbocycles. The van der Waals surface area contributed by atoms with Gasteiger partial charge < -0.3 is 19.7 Å². The van der Waals surface area contributed by atoms with Gasteiger partial charge in [0.05, 0.1) is 19.9 Å². The van der Waals surface area contributed by atoms with E-state index in [0.29, 0.717) is 18.0 Å². The maximum Gasteiger partial charge on any atom is 0.223 e. The van der Waals surface area contributed by atoms with Gasteiger partial charge in [0.25, 0.3) is 0 Å². The van der Waals surface area contributed by atoms with Crippen molar-refractivity contribution in [2.45, 2.75) is 26.8 Å². The van der Waals surface area contributed by atoms with E-state index in [1.54, 1.807) is 19.1 Å². The van der Waals surface area contributed by atoms with E-state index >= 15 is 0 Å². The third-order valence-corrected chi connectivity index (χ3v) is 4.24. The molecule has 0 aromatic heterocycles. The van der Waals surface area contributed by atoms with Crippen LogP contribution in [0.15, 0.2) is 42.5 Å². The van der Waals surface area contributed by atoms with Crippen molar-refractivity contribution < 1.29 is 19.1 Å². The van der Waals surface area contributed by atoms with Gasteiger partial charge in [-0.15, -0.1) is 0 Å². The number of nitrogens with zero attached hydrogens (tertiary/aromatic N) is 1. The maximum absolute atomic E-state index is 12.3. The number of ether oxygens (including phenoxy) is 2. The Morgan fingerprint density at radius 2 is 1.74 bits per heavy atom. The summed E-state index contributed by atoms with van der Waals surface area (Å²) < 4.78 is 10.6. The molecular formula is C21H26N2O4. The van der Waals surface area contributed by atoms with Gasteiger partial charge in [0.1, 0.15) is 11.5 Å². The standard InChI is InChI=1S/C21H26N2O4/c1-15-9-10-20(27-4)18(13-15)23(16(2)24)12-11-21(25)22-14-17-7-5-6-8-19(17)26-3/h5-10,13H,11-12,14H2,1-4H3,(H,22,25). The number of hydrogen-bond acceptors (Lipinski definition) is 4. The van der Waals surface area contributed by atoms with E-state index in [1.807, 2.05) is 49.4 Å². The lowest BCUT2D eigenvalue weighted by Crippen LogP contribution is -2.34. The van der Waals surface area contributed by atoms with E-state index in [9.17, 15) is 9.59 Å². The molecule has 0 aliphatic carbocycles. The molecule has 2 amide bonds. The molecule has 0 aliphatic rings. The highest BCUT2D eigenvalue weighted by molar-refractivity contribution is 5.94. The van der Waals surface area contributed by atoms with Crippen LogP contribution in [-0.4, -0.2) is 32.6 Å². The zero-order chi connectivity index (χ0) is 19.8. The summed E-state index contributed by atoms with van der Waals surface area (Å²) >= 11 is 0. The highest BCUT2D eigenvalue weighted by Gasteiger charge is 2.18. The second-order valence-corrected chi connectivity index (χ2v) is 6.18. The van der Waals surface area contributed by atoms with E-state index in [1.165, 1.54) is 6.92 Å². The number of methoxy groups -OCH3 is 2. The van der Waals surface area contributed by atoms with E-state index in [4.69, 9.17) is 9.47 Å². The summed E-state index contributed by atoms with van der Waals surface area (Å²) in [4.78, 5) is 26.0. The smallest absolute Gasteiger partial charge is 0.223 e. The molecule has 2 aromatic rings. The van der Waals surface area contributed by atoms with Crippen LogP contribution in [0.4, 0.5) is 5.69 Å². The van der Waals surface area contributed by atoms with Crippen molar-refractivity contribution >= 4 is 17.5 Å². The number of rotatable bonds is 8. The molecule has 0 saturated carbocycles. The second-order valence-electron chi connectivity index (χ2n) is 6.18. The molecule has 0 fully saturated rings. The Hall–Kier alpha value is -3.02. The first-order chi connectivity index (χ1) is 13.0. The third kappa shape index (κ3) is 5.48. The van der Waals surface area contributed by atoms with Crippen molar-refractivity contribution in [3.63, 3.8) is 0 Å². The number of hydrogen-bond donors (Lipinski definition) is 1. The van der Waals surface area contributed by atoms with Gasteiger partial charge in [-0.3, -0.25) is 9.59 Å². The third-order valence-electron chi connectivity index (χ3n) is 4.24. The van der Waals surface area contributed by atoms with Crippen molar-refractivity contribution in [1.29, 1.82) is 0 Å². The average Bonchev–Trinajstić information content (AvgIpc) is 2.66. The van der Waals surface area contributed by atoms with E-state index < -0.39 is 0 Å². The number of amides is 2. The first-order valence-corrected chi connectivity index (χ1v) is 8.77. The van der Waals surface area contributed by atoms with Gasteiger partial charge in [0, 0.05) is 32.0 Å². The Morgan fingerprint density at radius 1 is 1.04 bits per heavy atom. The van der Waals surface area contributed by atoms with Gasteiger partial charge >= 0.3 is 0 Å². The van der Waals surface area contributed by atoms with Crippen molar-refractivity contribution in [1.82, 2.24) is 5.32 Å². The van der Waals surface area contributed by atoms with Crippen molar-refractivity contribution in [3.8, 4) is 11.5 Å². The van der Waals surface area contributed by atoms with Crippen LogP contribution in [0.5, 0.6) is 11.5 Å². The monoisotopic (exact) mass is 370 g/mol. The Morgan fingerprint density at radius 3 is 2.41 bits per heavy atom. The minimum absolute atomic E-state index is 0.140. The van der Waals surface area contributed by atoms with Crippen LogP contribution in [-0.2, 0) is 16.1 Å². The maximum atomic E-state index is 12.3. The molecule has 6 nitrogen and oxygen atoms in total. The fourth-order valence-electron chi connectivity index (χ4n) is 2.80. The molecule has 6 heteroatoms. The van der Waals surface area contributed by atoms with Crippen LogP contribution in [0.1, 0.15) is 24.5 Å².